The molecule has 4 aromatic carbocycles. The number of ketones is 1. The van der Waals surface area contributed by atoms with Gasteiger partial charge in [0.2, 0.25) is 0 Å². The molecule has 222 valence electrons. The Kier molecular flexibility index (Phi) is 8.55. The zero-order valence-corrected chi connectivity index (χ0v) is 26.4. The van der Waals surface area contributed by atoms with Crippen LogP contribution in [0.1, 0.15) is 61.4 Å². The largest absolute Gasteiger partial charge is 0.512 e. The summed E-state index contributed by atoms with van der Waals surface area (Å²) in [4.78, 5) is 12.8. The molecule has 0 unspecified atom stereocenters. The molecule has 0 aliphatic heterocycles. The number of hydrogen-bond donors (Lipinski definition) is 3. The molecule has 0 saturated carbocycles. The van der Waals surface area contributed by atoms with E-state index in [4.69, 9.17) is 11.1 Å². The summed E-state index contributed by atoms with van der Waals surface area (Å²) in [5, 5.41) is 24.0. The Morgan fingerprint density at radius 2 is 1.43 bits per heavy atom. The highest BCUT2D eigenvalue weighted by atomic mass is 16.3. The summed E-state index contributed by atoms with van der Waals surface area (Å²) in [6.45, 7) is 11.4. The molecule has 1 aliphatic carbocycles. The van der Waals surface area contributed by atoms with Crippen molar-refractivity contribution in [2.75, 3.05) is 5.73 Å². The maximum Gasteiger partial charge on any atom is 0.163 e. The molecule has 44 heavy (non-hydrogen) atoms. The van der Waals surface area contributed by atoms with E-state index in [-0.39, 0.29) is 11.5 Å². The molecule has 4 N–H and O–H groups in total. The standard InChI is InChI=1S/C40H40N2O2/c1-23-13-14-26(4)37-31(23)9-8-12-34(37)35(41)22-20-30-19-18-29(39(30)38(27(5)43)28(6)44)17-15-24(2)32-10-7-11-33-25(3)16-21-36(42)40(32)33/h7-17,20-22,41,43H,18-19,42H2,1-6H3/b22-20+,24-15-,29-17+,38-27-,41-35?. The molecule has 4 nitrogen and oxygen atoms in total. The highest BCUT2D eigenvalue weighted by molar-refractivity contribution is 6.16. The van der Waals surface area contributed by atoms with E-state index in [0.717, 1.165) is 72.6 Å². The van der Waals surface area contributed by atoms with Gasteiger partial charge >= 0.3 is 0 Å². The van der Waals surface area contributed by atoms with E-state index in [1.165, 1.54) is 18.1 Å². The number of aliphatic hydroxyl groups is 1. The lowest BCUT2D eigenvalue weighted by atomic mass is 9.92. The maximum atomic E-state index is 12.8. The van der Waals surface area contributed by atoms with E-state index in [1.54, 1.807) is 6.92 Å². The van der Waals surface area contributed by atoms with E-state index < -0.39 is 0 Å². The molecule has 1 aliphatic rings. The Hall–Kier alpha value is -4.96. The first-order chi connectivity index (χ1) is 21.0. The number of rotatable bonds is 7. The average Bonchev–Trinajstić information content (AvgIpc) is 3.39. The molecule has 4 heteroatoms. The maximum absolute atomic E-state index is 12.8. The van der Waals surface area contributed by atoms with Crippen molar-refractivity contribution in [3.8, 4) is 0 Å². The van der Waals surface area contributed by atoms with Gasteiger partial charge in [0.15, 0.2) is 5.78 Å². The lowest BCUT2D eigenvalue weighted by Gasteiger charge is -2.13. The van der Waals surface area contributed by atoms with E-state index in [1.807, 2.05) is 36.4 Å². The lowest BCUT2D eigenvalue weighted by molar-refractivity contribution is -0.113. The third-order valence-electron chi connectivity index (χ3n) is 8.73. The summed E-state index contributed by atoms with van der Waals surface area (Å²) in [7, 11) is 0. The van der Waals surface area contributed by atoms with Crippen LogP contribution in [0.4, 0.5) is 5.69 Å². The molecule has 5 rings (SSSR count). The summed E-state index contributed by atoms with van der Waals surface area (Å²) in [5.41, 5.74) is 17.1. The zero-order valence-electron chi connectivity index (χ0n) is 26.4. The Labute approximate surface area is 260 Å². The number of nitrogens with one attached hydrogen (secondary N) is 1. The van der Waals surface area contributed by atoms with Crippen LogP contribution >= 0.6 is 0 Å². The zero-order chi connectivity index (χ0) is 31.7. The number of benzene rings is 4. The number of allylic oxidation sites excluding steroid dienone is 10. The van der Waals surface area contributed by atoms with Crippen molar-refractivity contribution in [2.45, 2.75) is 54.4 Å². The van der Waals surface area contributed by atoms with Gasteiger partial charge in [0.1, 0.15) is 5.76 Å². The van der Waals surface area contributed by atoms with Crippen LogP contribution in [0.3, 0.4) is 0 Å². The monoisotopic (exact) mass is 580 g/mol. The molecule has 0 spiro atoms. The molecule has 4 aromatic rings. The smallest absolute Gasteiger partial charge is 0.163 e. The van der Waals surface area contributed by atoms with Crippen molar-refractivity contribution >= 4 is 44.3 Å². The number of aliphatic hydroxyl groups excluding tert-OH is 1. The fourth-order valence-corrected chi connectivity index (χ4v) is 6.44. The topological polar surface area (TPSA) is 87.2 Å². The molecular formula is C40H40N2O2. The van der Waals surface area contributed by atoms with Crippen molar-refractivity contribution in [3.63, 3.8) is 0 Å². The molecule has 0 radical (unpaired) electrons. The number of aryl methyl sites for hydroxylation is 3. The predicted octanol–water partition coefficient (Wildman–Crippen LogP) is 9.97. The van der Waals surface area contributed by atoms with Gasteiger partial charge in [-0.25, -0.2) is 0 Å². The number of fused-ring (bicyclic) bond motifs is 2. The highest BCUT2D eigenvalue weighted by Crippen LogP contribution is 2.39. The van der Waals surface area contributed by atoms with E-state index >= 15 is 0 Å². The minimum Gasteiger partial charge on any atom is -0.512 e. The fraction of sp³-hybridized carbons (Fsp3) is 0.200. The van der Waals surface area contributed by atoms with Gasteiger partial charge in [0, 0.05) is 16.6 Å². The van der Waals surface area contributed by atoms with Crippen LogP contribution in [-0.2, 0) is 4.79 Å². The third kappa shape index (κ3) is 5.68. The van der Waals surface area contributed by atoms with E-state index in [9.17, 15) is 9.90 Å². The van der Waals surface area contributed by atoms with E-state index in [2.05, 4.69) is 76.2 Å². The molecule has 0 bridgehead atoms. The number of carbonyl (C=O) groups excluding carboxylic acids is 1. The SMILES string of the molecule is CC(=O)/C(C1=C(/C=C/C(=N)c2cccc3c(C)ccc(C)c23)CC/C1=C\C=C(\C)c1cccc2c(C)ccc(N)c12)=C(\C)O. The summed E-state index contributed by atoms with van der Waals surface area (Å²) < 4.78 is 0. The van der Waals surface area contributed by atoms with Gasteiger partial charge in [0.25, 0.3) is 0 Å². The molecule has 0 atom stereocenters. The first-order valence-corrected chi connectivity index (χ1v) is 15.1. The number of carbonyl (C=O) groups is 1. The van der Waals surface area contributed by atoms with E-state index in [0.29, 0.717) is 17.7 Å². The van der Waals surface area contributed by atoms with Crippen molar-refractivity contribution < 1.29 is 9.90 Å². The normalized spacial score (nSPS) is 15.6. The first-order valence-electron chi connectivity index (χ1n) is 15.1. The second-order valence-electron chi connectivity index (χ2n) is 11.8. The first kappa shape index (κ1) is 30.5. The van der Waals surface area contributed by atoms with Gasteiger partial charge in [-0.05, 0) is 127 Å². The van der Waals surface area contributed by atoms with Gasteiger partial charge < -0.3 is 16.2 Å². The number of nitrogen functional groups attached to an aromatic ring is 1. The summed E-state index contributed by atoms with van der Waals surface area (Å²) in [6.07, 6.45) is 9.33. The Bertz CT molecular complexity index is 2010. The van der Waals surface area contributed by atoms with Gasteiger partial charge in [-0.1, -0.05) is 72.8 Å². The predicted molar refractivity (Wildman–Crippen MR) is 186 cm³/mol. The van der Waals surface area contributed by atoms with Crippen LogP contribution in [0.2, 0.25) is 0 Å². The average molecular weight is 581 g/mol. The number of nitrogens with two attached hydrogens (primary N) is 1. The molecule has 0 amide bonds. The highest BCUT2D eigenvalue weighted by Gasteiger charge is 2.25. The van der Waals surface area contributed by atoms with Crippen molar-refractivity contribution in [3.05, 3.63) is 141 Å². The van der Waals surface area contributed by atoms with Crippen molar-refractivity contribution in [1.29, 1.82) is 5.41 Å². The minimum atomic E-state index is -0.188. The van der Waals surface area contributed by atoms with Gasteiger partial charge in [-0.15, -0.1) is 0 Å². The van der Waals surface area contributed by atoms with Crippen LogP contribution in [0.15, 0.2) is 113 Å². The van der Waals surface area contributed by atoms with Gasteiger partial charge in [-0.2, -0.15) is 0 Å². The number of Topliss-reactive ketones (excluding diaryl/α,β-unsaturated/α-hetero) is 1. The quantitative estimate of drug-likeness (QED) is 0.0880. The molecule has 0 heterocycles. The van der Waals surface area contributed by atoms with Crippen LogP contribution < -0.4 is 5.73 Å². The Morgan fingerprint density at radius 3 is 2.09 bits per heavy atom. The van der Waals surface area contributed by atoms with Crippen LogP contribution in [0.25, 0.3) is 27.1 Å². The Morgan fingerprint density at radius 1 is 0.818 bits per heavy atom. The van der Waals surface area contributed by atoms with Crippen molar-refractivity contribution in [1.82, 2.24) is 0 Å². The van der Waals surface area contributed by atoms with Crippen molar-refractivity contribution in [2.24, 2.45) is 0 Å². The summed E-state index contributed by atoms with van der Waals surface area (Å²) >= 11 is 0. The molecule has 0 fully saturated rings. The van der Waals surface area contributed by atoms with Crippen LogP contribution in [0.5, 0.6) is 0 Å². The number of hydrogen-bond acceptors (Lipinski definition) is 4. The minimum absolute atomic E-state index is 0.000524. The van der Waals surface area contributed by atoms with Gasteiger partial charge in [-0.3, -0.25) is 4.79 Å². The molecule has 0 aromatic heterocycles. The summed E-state index contributed by atoms with van der Waals surface area (Å²) in [6, 6.07) is 20.5. The van der Waals surface area contributed by atoms with Gasteiger partial charge in [0.05, 0.1) is 11.3 Å². The summed E-state index contributed by atoms with van der Waals surface area (Å²) in [5.74, 6) is -0.189. The second kappa shape index (κ2) is 12.3. The fourth-order valence-electron chi connectivity index (χ4n) is 6.44. The molecule has 0 saturated heterocycles. The number of anilines is 1. The third-order valence-corrected chi connectivity index (χ3v) is 8.73. The molecular weight excluding hydrogens is 540 g/mol. The van der Waals surface area contributed by atoms with Crippen LogP contribution in [-0.4, -0.2) is 16.6 Å². The Balaban J connectivity index is 1.59. The lowest BCUT2D eigenvalue weighted by Crippen LogP contribution is -2.05. The van der Waals surface area contributed by atoms with Crippen LogP contribution in [0, 0.1) is 26.2 Å². The second-order valence-corrected chi connectivity index (χ2v) is 11.8.